The fourth-order valence-corrected chi connectivity index (χ4v) is 4.08. The normalized spacial score (nSPS) is 22.2. The lowest BCUT2D eigenvalue weighted by Gasteiger charge is -2.31. The van der Waals surface area contributed by atoms with Crippen LogP contribution >= 0.6 is 0 Å². The zero-order valence-electron chi connectivity index (χ0n) is 16.3. The van der Waals surface area contributed by atoms with Crippen LogP contribution in [0.2, 0.25) is 0 Å². The van der Waals surface area contributed by atoms with E-state index in [0.29, 0.717) is 30.3 Å². The molecule has 3 aliphatic rings. The molecule has 150 valence electrons. The summed E-state index contributed by atoms with van der Waals surface area (Å²) in [6.07, 6.45) is 4.20. The van der Waals surface area contributed by atoms with E-state index in [1.54, 1.807) is 19.3 Å². The second-order valence-electron chi connectivity index (χ2n) is 7.56. The van der Waals surface area contributed by atoms with Crippen molar-refractivity contribution in [2.24, 2.45) is 0 Å². The maximum Gasteiger partial charge on any atom is 0.231 e. The van der Waals surface area contributed by atoms with Crippen LogP contribution in [0.4, 0.5) is 0 Å². The van der Waals surface area contributed by atoms with E-state index >= 15 is 0 Å². The van der Waals surface area contributed by atoms with Gasteiger partial charge in [-0.05, 0) is 48.7 Å². The number of hydrogen-bond acceptors (Lipinski definition) is 6. The molecule has 0 N–H and O–H groups in total. The van der Waals surface area contributed by atoms with Gasteiger partial charge in [-0.2, -0.15) is 0 Å². The third kappa shape index (κ3) is 3.50. The SMILES string of the molecule is COc1cccc(/C=C2\Oc3c(ccc4c3CN(CC3CCCO3)CO4)C2=O)c1. The van der Waals surface area contributed by atoms with Crippen LogP contribution in [0.3, 0.4) is 0 Å². The number of rotatable bonds is 4. The molecule has 0 radical (unpaired) electrons. The predicted molar refractivity (Wildman–Crippen MR) is 107 cm³/mol. The molecule has 0 spiro atoms. The van der Waals surface area contributed by atoms with E-state index in [0.717, 1.165) is 48.6 Å². The summed E-state index contributed by atoms with van der Waals surface area (Å²) >= 11 is 0. The highest BCUT2D eigenvalue weighted by molar-refractivity contribution is 6.15. The van der Waals surface area contributed by atoms with Gasteiger partial charge in [-0.1, -0.05) is 12.1 Å². The van der Waals surface area contributed by atoms with Gasteiger partial charge in [0.25, 0.3) is 0 Å². The number of carbonyl (C=O) groups excluding carboxylic acids is 1. The van der Waals surface area contributed by atoms with E-state index in [4.69, 9.17) is 18.9 Å². The first-order valence-corrected chi connectivity index (χ1v) is 9.92. The van der Waals surface area contributed by atoms with Crippen LogP contribution in [0.1, 0.15) is 34.3 Å². The number of fused-ring (bicyclic) bond motifs is 3. The van der Waals surface area contributed by atoms with Gasteiger partial charge >= 0.3 is 0 Å². The monoisotopic (exact) mass is 393 g/mol. The lowest BCUT2D eigenvalue weighted by Crippen LogP contribution is -2.37. The van der Waals surface area contributed by atoms with Crippen LogP contribution in [0.5, 0.6) is 17.2 Å². The Kier molecular flexibility index (Phi) is 4.73. The summed E-state index contributed by atoms with van der Waals surface area (Å²) in [5, 5.41) is 0. The second kappa shape index (κ2) is 7.54. The molecule has 1 fully saturated rings. The summed E-state index contributed by atoms with van der Waals surface area (Å²) in [5.74, 6) is 2.33. The van der Waals surface area contributed by atoms with Crippen molar-refractivity contribution in [2.75, 3.05) is 27.0 Å². The number of ether oxygens (including phenoxy) is 4. The van der Waals surface area contributed by atoms with Crippen LogP contribution in [-0.4, -0.2) is 43.8 Å². The van der Waals surface area contributed by atoms with E-state index in [9.17, 15) is 4.79 Å². The van der Waals surface area contributed by atoms with Crippen molar-refractivity contribution in [1.29, 1.82) is 0 Å². The van der Waals surface area contributed by atoms with Crippen LogP contribution in [0.25, 0.3) is 6.08 Å². The molecule has 2 aromatic carbocycles. The Morgan fingerprint density at radius 1 is 1.28 bits per heavy atom. The summed E-state index contributed by atoms with van der Waals surface area (Å²) in [7, 11) is 1.62. The maximum atomic E-state index is 12.9. The average molecular weight is 393 g/mol. The first kappa shape index (κ1) is 18.2. The Hall–Kier alpha value is -2.83. The lowest BCUT2D eigenvalue weighted by atomic mass is 10.0. The van der Waals surface area contributed by atoms with Crippen molar-refractivity contribution in [3.05, 3.63) is 58.8 Å². The topological polar surface area (TPSA) is 57.2 Å². The van der Waals surface area contributed by atoms with Crippen molar-refractivity contribution < 1.29 is 23.7 Å². The van der Waals surface area contributed by atoms with Gasteiger partial charge in [0.15, 0.2) is 5.76 Å². The number of hydrogen-bond donors (Lipinski definition) is 0. The largest absolute Gasteiger partial charge is 0.497 e. The Balaban J connectivity index is 1.41. The number of allylic oxidation sites excluding steroid dienone is 1. The molecule has 29 heavy (non-hydrogen) atoms. The predicted octanol–water partition coefficient (Wildman–Crippen LogP) is 3.64. The quantitative estimate of drug-likeness (QED) is 0.740. The highest BCUT2D eigenvalue weighted by Crippen LogP contribution is 2.42. The first-order chi connectivity index (χ1) is 14.2. The smallest absolute Gasteiger partial charge is 0.231 e. The Morgan fingerprint density at radius 2 is 2.21 bits per heavy atom. The Morgan fingerprint density at radius 3 is 3.03 bits per heavy atom. The van der Waals surface area contributed by atoms with Crippen LogP contribution in [0.15, 0.2) is 42.2 Å². The molecule has 6 heteroatoms. The molecule has 1 atom stereocenters. The van der Waals surface area contributed by atoms with Crippen molar-refractivity contribution in [3.63, 3.8) is 0 Å². The van der Waals surface area contributed by atoms with Gasteiger partial charge < -0.3 is 18.9 Å². The molecule has 2 aromatic rings. The highest BCUT2D eigenvalue weighted by Gasteiger charge is 2.34. The molecule has 0 bridgehead atoms. The average Bonchev–Trinajstić information content (AvgIpc) is 3.37. The van der Waals surface area contributed by atoms with Crippen molar-refractivity contribution in [3.8, 4) is 17.2 Å². The van der Waals surface area contributed by atoms with Crippen molar-refractivity contribution >= 4 is 11.9 Å². The van der Waals surface area contributed by atoms with Gasteiger partial charge in [0, 0.05) is 19.7 Å². The third-order valence-corrected chi connectivity index (χ3v) is 5.56. The summed E-state index contributed by atoms with van der Waals surface area (Å²) in [6, 6.07) is 11.2. The molecule has 3 aliphatic heterocycles. The molecule has 0 saturated carbocycles. The summed E-state index contributed by atoms with van der Waals surface area (Å²) in [6.45, 7) is 2.86. The number of ketones is 1. The number of benzene rings is 2. The van der Waals surface area contributed by atoms with E-state index in [-0.39, 0.29) is 11.9 Å². The molecule has 3 heterocycles. The van der Waals surface area contributed by atoms with Gasteiger partial charge in [0.2, 0.25) is 5.78 Å². The van der Waals surface area contributed by atoms with Crippen LogP contribution in [0, 0.1) is 0 Å². The molecule has 1 saturated heterocycles. The van der Waals surface area contributed by atoms with Gasteiger partial charge in [-0.25, -0.2) is 0 Å². The molecule has 0 aromatic heterocycles. The highest BCUT2D eigenvalue weighted by atomic mass is 16.5. The molecule has 6 nitrogen and oxygen atoms in total. The molecule has 0 amide bonds. The first-order valence-electron chi connectivity index (χ1n) is 9.92. The molecule has 1 unspecified atom stereocenters. The van der Waals surface area contributed by atoms with Gasteiger partial charge in [0.05, 0.1) is 24.3 Å². The maximum absolute atomic E-state index is 12.9. The zero-order valence-corrected chi connectivity index (χ0v) is 16.3. The van der Waals surface area contributed by atoms with Crippen LogP contribution < -0.4 is 14.2 Å². The summed E-state index contributed by atoms with van der Waals surface area (Å²) < 4.78 is 23.0. The van der Waals surface area contributed by atoms with Gasteiger partial charge in [-0.3, -0.25) is 9.69 Å². The number of nitrogens with zero attached hydrogens (tertiary/aromatic N) is 1. The molecule has 0 aliphatic carbocycles. The summed E-state index contributed by atoms with van der Waals surface area (Å²) in [4.78, 5) is 15.1. The fraction of sp³-hybridized carbons (Fsp3) is 0.348. The molecular formula is C23H23NO5. The lowest BCUT2D eigenvalue weighted by molar-refractivity contribution is 0.0274. The number of methoxy groups -OCH3 is 1. The standard InChI is InChI=1S/C23H23NO5/c1-26-16-5-2-4-15(10-16)11-21-22(25)18-7-8-20-19(23(18)29-21)13-24(14-28-20)12-17-6-3-9-27-17/h2,4-5,7-8,10-11,17H,3,6,9,12-14H2,1H3/b21-11-. The van der Waals surface area contributed by atoms with E-state index < -0.39 is 0 Å². The minimum absolute atomic E-state index is 0.109. The van der Waals surface area contributed by atoms with E-state index in [2.05, 4.69) is 4.90 Å². The number of carbonyl (C=O) groups is 1. The van der Waals surface area contributed by atoms with Gasteiger partial charge in [-0.15, -0.1) is 0 Å². The fourth-order valence-electron chi connectivity index (χ4n) is 4.08. The van der Waals surface area contributed by atoms with Gasteiger partial charge in [0.1, 0.15) is 24.0 Å². The third-order valence-electron chi connectivity index (χ3n) is 5.56. The molecular weight excluding hydrogens is 370 g/mol. The minimum atomic E-state index is -0.109. The van der Waals surface area contributed by atoms with Crippen molar-refractivity contribution in [1.82, 2.24) is 4.90 Å². The Labute approximate surface area is 169 Å². The number of Topliss-reactive ketones (excluding diaryl/α,β-unsaturated/α-hetero) is 1. The second-order valence-corrected chi connectivity index (χ2v) is 7.56. The van der Waals surface area contributed by atoms with Crippen LogP contribution in [-0.2, 0) is 11.3 Å². The van der Waals surface area contributed by atoms with E-state index in [1.165, 1.54) is 0 Å². The van der Waals surface area contributed by atoms with Crippen molar-refractivity contribution in [2.45, 2.75) is 25.5 Å². The molecule has 5 rings (SSSR count). The summed E-state index contributed by atoms with van der Waals surface area (Å²) in [5.41, 5.74) is 2.36. The minimum Gasteiger partial charge on any atom is -0.497 e. The Bertz CT molecular complexity index is 977. The zero-order chi connectivity index (χ0) is 19.8. The van der Waals surface area contributed by atoms with E-state index in [1.807, 2.05) is 30.3 Å².